The van der Waals surface area contributed by atoms with Gasteiger partial charge in [-0.2, -0.15) is 0 Å². The van der Waals surface area contributed by atoms with Crippen molar-refractivity contribution in [3.8, 4) is 11.1 Å². The molecule has 156 valence electrons. The third-order valence-electron chi connectivity index (χ3n) is 6.61. The summed E-state index contributed by atoms with van der Waals surface area (Å²) in [6, 6.07) is 34.3. The minimum Gasteiger partial charge on any atom is -0.456 e. The van der Waals surface area contributed by atoms with Crippen molar-refractivity contribution >= 4 is 50.2 Å². The minimum absolute atomic E-state index is 0.927. The normalized spacial score (nSPS) is 12.6. The molecule has 0 aliphatic heterocycles. The molecule has 0 saturated carbocycles. The van der Waals surface area contributed by atoms with E-state index in [2.05, 4.69) is 102 Å². The molecule has 0 unspecified atom stereocenters. The van der Waals surface area contributed by atoms with Gasteiger partial charge >= 0.3 is 0 Å². The van der Waals surface area contributed by atoms with Gasteiger partial charge in [-0.3, -0.25) is 0 Å². The van der Waals surface area contributed by atoms with Crippen LogP contribution in [0.1, 0.15) is 11.1 Å². The Hall–Kier alpha value is -4.30. The first kappa shape index (κ1) is 18.3. The van der Waals surface area contributed by atoms with E-state index in [1.807, 2.05) is 12.1 Å². The quantitative estimate of drug-likeness (QED) is 0.308. The number of hydrogen-bond acceptors (Lipinski definition) is 2. The summed E-state index contributed by atoms with van der Waals surface area (Å²) < 4.78 is 5.97. The lowest BCUT2D eigenvalue weighted by molar-refractivity contribution is 0.669. The Kier molecular flexibility index (Phi) is 3.94. The van der Waals surface area contributed by atoms with E-state index in [0.29, 0.717) is 0 Å². The Morgan fingerprint density at radius 3 is 2.42 bits per heavy atom. The summed E-state index contributed by atoms with van der Waals surface area (Å²) in [4.78, 5) is 0. The summed E-state index contributed by atoms with van der Waals surface area (Å²) in [5, 5.41) is 8.57. The Bertz CT molecular complexity index is 1700. The fraction of sp³-hybridized carbons (Fsp3) is 0.0323. The van der Waals surface area contributed by atoms with E-state index in [1.165, 1.54) is 33.0 Å². The molecule has 0 spiro atoms. The first-order chi connectivity index (χ1) is 16.3. The highest BCUT2D eigenvalue weighted by molar-refractivity contribution is 6.06. The second-order valence-electron chi connectivity index (χ2n) is 8.70. The van der Waals surface area contributed by atoms with Crippen molar-refractivity contribution in [1.82, 2.24) is 0 Å². The van der Waals surface area contributed by atoms with Crippen molar-refractivity contribution in [2.45, 2.75) is 6.42 Å². The average molecular weight is 424 g/mol. The molecule has 0 radical (unpaired) electrons. The molecule has 5 aromatic carbocycles. The smallest absolute Gasteiger partial charge is 0.135 e. The Balaban J connectivity index is 1.22. The number of nitrogens with one attached hydrogen (secondary N) is 1. The van der Waals surface area contributed by atoms with E-state index >= 15 is 0 Å². The summed E-state index contributed by atoms with van der Waals surface area (Å²) in [5.74, 6) is 0. The Morgan fingerprint density at radius 1 is 0.636 bits per heavy atom. The molecule has 0 fully saturated rings. The van der Waals surface area contributed by atoms with Gasteiger partial charge in [0.25, 0.3) is 0 Å². The average Bonchev–Trinajstić information content (AvgIpc) is 3.23. The highest BCUT2D eigenvalue weighted by Crippen LogP contribution is 2.34. The van der Waals surface area contributed by atoms with Crippen LogP contribution in [0, 0.1) is 0 Å². The summed E-state index contributed by atoms with van der Waals surface area (Å²) in [5.41, 5.74) is 9.12. The van der Waals surface area contributed by atoms with Gasteiger partial charge in [0.05, 0.1) is 0 Å². The number of fused-ring (bicyclic) bond motifs is 3. The van der Waals surface area contributed by atoms with E-state index in [4.69, 9.17) is 4.42 Å². The summed E-state index contributed by atoms with van der Waals surface area (Å²) in [7, 11) is 0. The molecule has 1 aromatic heterocycles. The van der Waals surface area contributed by atoms with Crippen LogP contribution in [0.15, 0.2) is 108 Å². The number of rotatable bonds is 3. The standard InChI is InChI=1S/C31H21NO/c1-2-10-29-27(9-1)28-19-22(13-16-30(28)33-29)20-11-14-25(15-12-20)32-26-17-23-7-3-5-21-6-4-8-24(18-26)31(21)23/h1-5,7-19,32H,6H2. The molecule has 7 rings (SSSR count). The number of anilines is 2. The van der Waals surface area contributed by atoms with Crippen LogP contribution in [-0.2, 0) is 6.42 Å². The van der Waals surface area contributed by atoms with E-state index in [1.54, 1.807) is 0 Å². The van der Waals surface area contributed by atoms with Crippen molar-refractivity contribution in [3.63, 3.8) is 0 Å². The second-order valence-corrected chi connectivity index (χ2v) is 8.70. The summed E-state index contributed by atoms with van der Waals surface area (Å²) >= 11 is 0. The fourth-order valence-corrected chi connectivity index (χ4v) is 5.05. The lowest BCUT2D eigenvalue weighted by atomic mass is 9.92. The molecule has 1 heterocycles. The number of benzene rings is 5. The SMILES string of the molecule is C1=Cc2cc(Nc3ccc(-c4ccc5oc6ccccc6c5c4)cc3)cc3cccc(c23)C1. The molecule has 0 saturated heterocycles. The molecule has 0 atom stereocenters. The third kappa shape index (κ3) is 3.03. The van der Waals surface area contributed by atoms with Gasteiger partial charge in [-0.25, -0.2) is 0 Å². The number of para-hydroxylation sites is 1. The molecule has 0 amide bonds. The first-order valence-corrected chi connectivity index (χ1v) is 11.3. The van der Waals surface area contributed by atoms with E-state index in [-0.39, 0.29) is 0 Å². The van der Waals surface area contributed by atoms with Crippen LogP contribution in [-0.4, -0.2) is 0 Å². The molecule has 2 heteroatoms. The van der Waals surface area contributed by atoms with Crippen LogP contribution in [0.5, 0.6) is 0 Å². The van der Waals surface area contributed by atoms with Crippen molar-refractivity contribution in [2.75, 3.05) is 5.32 Å². The molecule has 0 bridgehead atoms. The molecule has 2 nitrogen and oxygen atoms in total. The largest absolute Gasteiger partial charge is 0.456 e. The second kappa shape index (κ2) is 7.11. The predicted molar refractivity (Wildman–Crippen MR) is 139 cm³/mol. The summed E-state index contributed by atoms with van der Waals surface area (Å²) in [6.07, 6.45) is 5.49. The first-order valence-electron chi connectivity index (χ1n) is 11.3. The lowest BCUT2D eigenvalue weighted by Gasteiger charge is -2.15. The fourth-order valence-electron chi connectivity index (χ4n) is 5.05. The monoisotopic (exact) mass is 423 g/mol. The number of furan rings is 1. The van der Waals surface area contributed by atoms with Gasteiger partial charge in [-0.15, -0.1) is 0 Å². The van der Waals surface area contributed by atoms with Crippen LogP contribution in [0.25, 0.3) is 49.9 Å². The molecular weight excluding hydrogens is 402 g/mol. The van der Waals surface area contributed by atoms with Crippen molar-refractivity contribution in [3.05, 3.63) is 114 Å². The topological polar surface area (TPSA) is 25.2 Å². The maximum atomic E-state index is 5.97. The molecular formula is C31H21NO. The maximum absolute atomic E-state index is 5.97. The van der Waals surface area contributed by atoms with Gasteiger partial charge in [-0.05, 0) is 81.9 Å². The molecule has 6 aromatic rings. The summed E-state index contributed by atoms with van der Waals surface area (Å²) in [6.45, 7) is 0. The van der Waals surface area contributed by atoms with Gasteiger partial charge in [0.1, 0.15) is 11.2 Å². The molecule has 1 aliphatic carbocycles. The van der Waals surface area contributed by atoms with Crippen LogP contribution in [0.4, 0.5) is 11.4 Å². The van der Waals surface area contributed by atoms with Gasteiger partial charge in [0.15, 0.2) is 0 Å². The van der Waals surface area contributed by atoms with Crippen LogP contribution in [0.3, 0.4) is 0 Å². The van der Waals surface area contributed by atoms with E-state index < -0.39 is 0 Å². The van der Waals surface area contributed by atoms with Crippen LogP contribution >= 0.6 is 0 Å². The zero-order valence-electron chi connectivity index (χ0n) is 18.0. The van der Waals surface area contributed by atoms with E-state index in [0.717, 1.165) is 39.7 Å². The zero-order chi connectivity index (χ0) is 21.8. The number of allylic oxidation sites excluding steroid dienone is 1. The van der Waals surface area contributed by atoms with Gasteiger partial charge in [0.2, 0.25) is 0 Å². The van der Waals surface area contributed by atoms with Crippen LogP contribution in [0.2, 0.25) is 0 Å². The molecule has 1 aliphatic rings. The van der Waals surface area contributed by atoms with Gasteiger partial charge in [0, 0.05) is 22.1 Å². The van der Waals surface area contributed by atoms with Crippen LogP contribution < -0.4 is 5.32 Å². The Labute approximate surface area is 191 Å². The molecule has 33 heavy (non-hydrogen) atoms. The zero-order valence-corrected chi connectivity index (χ0v) is 18.0. The predicted octanol–water partition coefficient (Wildman–Crippen LogP) is 8.72. The van der Waals surface area contributed by atoms with Crippen molar-refractivity contribution in [2.24, 2.45) is 0 Å². The third-order valence-corrected chi connectivity index (χ3v) is 6.61. The highest BCUT2D eigenvalue weighted by Gasteiger charge is 2.11. The lowest BCUT2D eigenvalue weighted by Crippen LogP contribution is -1.96. The van der Waals surface area contributed by atoms with Crippen molar-refractivity contribution in [1.29, 1.82) is 0 Å². The Morgan fingerprint density at radius 2 is 1.48 bits per heavy atom. The van der Waals surface area contributed by atoms with E-state index in [9.17, 15) is 0 Å². The van der Waals surface area contributed by atoms with Gasteiger partial charge < -0.3 is 9.73 Å². The molecule has 1 N–H and O–H groups in total. The van der Waals surface area contributed by atoms with Gasteiger partial charge in [-0.1, -0.05) is 66.7 Å². The number of hydrogen-bond donors (Lipinski definition) is 1. The minimum atomic E-state index is 0.927. The van der Waals surface area contributed by atoms with Crippen molar-refractivity contribution < 1.29 is 4.42 Å². The maximum Gasteiger partial charge on any atom is 0.135 e. The highest BCUT2D eigenvalue weighted by atomic mass is 16.3.